The third-order valence-electron chi connectivity index (χ3n) is 3.37. The van der Waals surface area contributed by atoms with Crippen LogP contribution in [0.4, 0.5) is 0 Å². The average molecular weight is 271 g/mol. The molecule has 1 heterocycles. The second kappa shape index (κ2) is 5.94. The molecule has 0 radical (unpaired) electrons. The third-order valence-corrected chi connectivity index (χ3v) is 3.37. The minimum atomic E-state index is -0.0679. The first-order valence-corrected chi connectivity index (χ1v) is 6.64. The van der Waals surface area contributed by atoms with E-state index in [-0.39, 0.29) is 19.4 Å². The molecule has 0 aliphatic carbocycles. The Hall–Kier alpha value is -2.04. The molecular weight excluding hydrogens is 254 g/mol. The Morgan fingerprint density at radius 2 is 1.85 bits per heavy atom. The van der Waals surface area contributed by atoms with Gasteiger partial charge >= 0.3 is 0 Å². The standard InChI is InChI=1S/C16H17NO3/c18-10-14(13-4-2-1-3-5-13)17-9-12-6-7-15-16(8-12)20-11-19-15/h1-8,14,17-18H,9-11H2/t14-/m0/s1. The van der Waals surface area contributed by atoms with E-state index in [1.165, 1.54) is 0 Å². The van der Waals surface area contributed by atoms with Crippen molar-refractivity contribution in [1.82, 2.24) is 5.32 Å². The lowest BCUT2D eigenvalue weighted by molar-refractivity contribution is 0.174. The van der Waals surface area contributed by atoms with Crippen LogP contribution in [-0.4, -0.2) is 18.5 Å². The van der Waals surface area contributed by atoms with Crippen LogP contribution in [0, 0.1) is 0 Å². The van der Waals surface area contributed by atoms with Crippen LogP contribution in [0.2, 0.25) is 0 Å². The average Bonchev–Trinajstić information content (AvgIpc) is 2.96. The molecule has 0 amide bonds. The minimum absolute atomic E-state index is 0.0641. The van der Waals surface area contributed by atoms with Gasteiger partial charge in [-0.05, 0) is 23.3 Å². The van der Waals surface area contributed by atoms with Crippen molar-refractivity contribution in [1.29, 1.82) is 0 Å². The van der Waals surface area contributed by atoms with Crippen LogP contribution >= 0.6 is 0 Å². The van der Waals surface area contributed by atoms with Crippen LogP contribution in [0.25, 0.3) is 0 Å². The lowest BCUT2D eigenvalue weighted by Gasteiger charge is -2.16. The van der Waals surface area contributed by atoms with Gasteiger partial charge in [-0.3, -0.25) is 0 Å². The van der Waals surface area contributed by atoms with E-state index in [9.17, 15) is 5.11 Å². The van der Waals surface area contributed by atoms with Gasteiger partial charge in [0.2, 0.25) is 6.79 Å². The van der Waals surface area contributed by atoms with Crippen LogP contribution in [-0.2, 0) is 6.54 Å². The molecule has 4 nitrogen and oxygen atoms in total. The number of aliphatic hydroxyl groups excluding tert-OH is 1. The molecule has 0 bridgehead atoms. The lowest BCUT2D eigenvalue weighted by atomic mass is 10.1. The molecule has 3 rings (SSSR count). The Kier molecular flexibility index (Phi) is 3.85. The van der Waals surface area contributed by atoms with Crippen molar-refractivity contribution in [3.63, 3.8) is 0 Å². The summed E-state index contributed by atoms with van der Waals surface area (Å²) in [5.41, 5.74) is 2.18. The summed E-state index contributed by atoms with van der Waals surface area (Å²) in [6.45, 7) is 1.01. The van der Waals surface area contributed by atoms with Gasteiger partial charge in [0.25, 0.3) is 0 Å². The van der Waals surface area contributed by atoms with Gasteiger partial charge in [-0.25, -0.2) is 0 Å². The SMILES string of the molecule is OC[C@H](NCc1ccc2c(c1)OCO2)c1ccccc1. The van der Waals surface area contributed by atoms with E-state index in [1.54, 1.807) is 0 Å². The van der Waals surface area contributed by atoms with Gasteiger partial charge in [-0.15, -0.1) is 0 Å². The Balaban J connectivity index is 1.66. The quantitative estimate of drug-likeness (QED) is 0.875. The number of fused-ring (bicyclic) bond motifs is 1. The second-order valence-corrected chi connectivity index (χ2v) is 4.71. The molecule has 0 saturated heterocycles. The molecule has 2 aromatic rings. The van der Waals surface area contributed by atoms with Gasteiger partial charge in [0.05, 0.1) is 12.6 Å². The smallest absolute Gasteiger partial charge is 0.231 e. The Labute approximate surface area is 118 Å². The molecule has 0 aromatic heterocycles. The van der Waals surface area contributed by atoms with Crippen LogP contribution in [0.15, 0.2) is 48.5 Å². The minimum Gasteiger partial charge on any atom is -0.454 e. The fraction of sp³-hybridized carbons (Fsp3) is 0.250. The number of nitrogens with one attached hydrogen (secondary N) is 1. The maximum absolute atomic E-state index is 9.51. The van der Waals surface area contributed by atoms with E-state index in [2.05, 4.69) is 5.32 Å². The highest BCUT2D eigenvalue weighted by atomic mass is 16.7. The first-order chi connectivity index (χ1) is 9.86. The summed E-state index contributed by atoms with van der Waals surface area (Å²) in [7, 11) is 0. The normalized spacial score (nSPS) is 14.2. The molecule has 0 spiro atoms. The maximum atomic E-state index is 9.51. The monoisotopic (exact) mass is 271 g/mol. The summed E-state index contributed by atoms with van der Waals surface area (Å²) in [6, 6.07) is 15.7. The molecule has 0 unspecified atom stereocenters. The van der Waals surface area contributed by atoms with Crippen LogP contribution < -0.4 is 14.8 Å². The molecule has 4 heteroatoms. The maximum Gasteiger partial charge on any atom is 0.231 e. The van der Waals surface area contributed by atoms with Gasteiger partial charge in [0, 0.05) is 6.54 Å². The van der Waals surface area contributed by atoms with Gasteiger partial charge in [0.15, 0.2) is 11.5 Å². The number of benzene rings is 2. The van der Waals surface area contributed by atoms with Gasteiger partial charge in [0.1, 0.15) is 0 Å². The molecule has 1 aliphatic heterocycles. The van der Waals surface area contributed by atoms with E-state index in [1.807, 2.05) is 48.5 Å². The summed E-state index contributed by atoms with van der Waals surface area (Å²) in [5.74, 6) is 1.57. The number of hydrogen-bond donors (Lipinski definition) is 2. The van der Waals surface area contributed by atoms with Crippen LogP contribution in [0.1, 0.15) is 17.2 Å². The number of aliphatic hydroxyl groups is 1. The summed E-state index contributed by atoms with van der Waals surface area (Å²) in [6.07, 6.45) is 0. The molecule has 0 fully saturated rings. The second-order valence-electron chi connectivity index (χ2n) is 4.71. The fourth-order valence-electron chi connectivity index (χ4n) is 2.27. The summed E-state index contributed by atoms with van der Waals surface area (Å²) >= 11 is 0. The molecule has 2 aromatic carbocycles. The van der Waals surface area contributed by atoms with Gasteiger partial charge in [-0.1, -0.05) is 36.4 Å². The highest BCUT2D eigenvalue weighted by molar-refractivity contribution is 5.44. The molecule has 1 atom stereocenters. The lowest BCUT2D eigenvalue weighted by Crippen LogP contribution is -2.23. The van der Waals surface area contributed by atoms with Gasteiger partial charge < -0.3 is 19.9 Å². The number of ether oxygens (including phenoxy) is 2. The molecule has 0 saturated carbocycles. The van der Waals surface area contributed by atoms with Crippen LogP contribution in [0.5, 0.6) is 11.5 Å². The van der Waals surface area contributed by atoms with E-state index >= 15 is 0 Å². The highest BCUT2D eigenvalue weighted by Crippen LogP contribution is 2.32. The molecular formula is C16H17NO3. The summed E-state index contributed by atoms with van der Waals surface area (Å²) in [4.78, 5) is 0. The van der Waals surface area contributed by atoms with Crippen molar-refractivity contribution in [2.24, 2.45) is 0 Å². The zero-order valence-corrected chi connectivity index (χ0v) is 11.1. The molecule has 20 heavy (non-hydrogen) atoms. The summed E-state index contributed by atoms with van der Waals surface area (Å²) in [5, 5.41) is 12.9. The van der Waals surface area contributed by atoms with E-state index in [0.717, 1.165) is 22.6 Å². The van der Waals surface area contributed by atoms with Crippen molar-refractivity contribution in [2.45, 2.75) is 12.6 Å². The number of rotatable bonds is 5. The number of hydrogen-bond acceptors (Lipinski definition) is 4. The Bertz CT molecular complexity index is 571. The Morgan fingerprint density at radius 1 is 1.05 bits per heavy atom. The van der Waals surface area contributed by atoms with Crippen molar-refractivity contribution < 1.29 is 14.6 Å². The zero-order chi connectivity index (χ0) is 13.8. The highest BCUT2D eigenvalue weighted by Gasteiger charge is 2.14. The molecule has 2 N–H and O–H groups in total. The van der Waals surface area contributed by atoms with Crippen molar-refractivity contribution in [3.8, 4) is 11.5 Å². The van der Waals surface area contributed by atoms with Crippen molar-refractivity contribution in [3.05, 3.63) is 59.7 Å². The van der Waals surface area contributed by atoms with E-state index in [4.69, 9.17) is 9.47 Å². The topological polar surface area (TPSA) is 50.7 Å². The Morgan fingerprint density at radius 3 is 2.65 bits per heavy atom. The summed E-state index contributed by atoms with van der Waals surface area (Å²) < 4.78 is 10.6. The fourth-order valence-corrected chi connectivity index (χ4v) is 2.27. The largest absolute Gasteiger partial charge is 0.454 e. The predicted molar refractivity (Wildman–Crippen MR) is 75.7 cm³/mol. The molecule has 104 valence electrons. The first-order valence-electron chi connectivity index (χ1n) is 6.64. The van der Waals surface area contributed by atoms with Crippen LogP contribution in [0.3, 0.4) is 0 Å². The molecule has 1 aliphatic rings. The predicted octanol–water partition coefficient (Wildman–Crippen LogP) is 2.24. The van der Waals surface area contributed by atoms with E-state index < -0.39 is 0 Å². The first kappa shape index (κ1) is 13.0. The van der Waals surface area contributed by atoms with Gasteiger partial charge in [-0.2, -0.15) is 0 Å². The van der Waals surface area contributed by atoms with E-state index in [0.29, 0.717) is 6.54 Å². The van der Waals surface area contributed by atoms with Crippen molar-refractivity contribution >= 4 is 0 Å². The third kappa shape index (κ3) is 2.76. The zero-order valence-electron chi connectivity index (χ0n) is 11.1. The van der Waals surface area contributed by atoms with Crippen molar-refractivity contribution in [2.75, 3.05) is 13.4 Å².